The Morgan fingerprint density at radius 2 is 1.96 bits per heavy atom. The Hall–Kier alpha value is -3.19. The SMILES string of the molecule is O=C(NCc1cc(-c2ccccc2)on1)c1ccc(Cl)c([N+](=O)[O-])c1. The lowest BCUT2D eigenvalue weighted by Crippen LogP contribution is -2.23. The van der Waals surface area contributed by atoms with Gasteiger partial charge in [-0.2, -0.15) is 0 Å². The Morgan fingerprint density at radius 3 is 2.68 bits per heavy atom. The van der Waals surface area contributed by atoms with Crippen LogP contribution in [0.2, 0.25) is 5.02 Å². The normalized spacial score (nSPS) is 10.4. The molecule has 0 saturated carbocycles. The highest BCUT2D eigenvalue weighted by molar-refractivity contribution is 6.32. The van der Waals surface area contributed by atoms with Crippen molar-refractivity contribution in [2.75, 3.05) is 0 Å². The van der Waals surface area contributed by atoms with E-state index in [0.29, 0.717) is 11.5 Å². The van der Waals surface area contributed by atoms with E-state index in [0.717, 1.165) is 11.6 Å². The van der Waals surface area contributed by atoms with E-state index in [2.05, 4.69) is 10.5 Å². The lowest BCUT2D eigenvalue weighted by Gasteiger charge is -2.03. The van der Waals surface area contributed by atoms with Crippen LogP contribution in [0.3, 0.4) is 0 Å². The second-order valence-corrected chi connectivity index (χ2v) is 5.56. The summed E-state index contributed by atoms with van der Waals surface area (Å²) in [5.74, 6) is 0.121. The summed E-state index contributed by atoms with van der Waals surface area (Å²) < 4.78 is 5.25. The van der Waals surface area contributed by atoms with Crippen molar-refractivity contribution in [2.45, 2.75) is 6.54 Å². The number of hydrogen-bond donors (Lipinski definition) is 1. The van der Waals surface area contributed by atoms with E-state index in [4.69, 9.17) is 16.1 Å². The summed E-state index contributed by atoms with van der Waals surface area (Å²) in [6, 6.07) is 15.0. The molecule has 0 fully saturated rings. The number of carbonyl (C=O) groups is 1. The number of carbonyl (C=O) groups excluding carboxylic acids is 1. The molecule has 1 aromatic heterocycles. The van der Waals surface area contributed by atoms with Gasteiger partial charge in [-0.1, -0.05) is 47.1 Å². The van der Waals surface area contributed by atoms with Crippen LogP contribution in [0.4, 0.5) is 5.69 Å². The molecule has 1 heterocycles. The number of hydrogen-bond acceptors (Lipinski definition) is 5. The molecule has 0 radical (unpaired) electrons. The zero-order valence-corrected chi connectivity index (χ0v) is 13.6. The second-order valence-electron chi connectivity index (χ2n) is 5.15. The first kappa shape index (κ1) is 16.7. The molecule has 1 amide bonds. The van der Waals surface area contributed by atoms with Gasteiger partial charge in [0.15, 0.2) is 5.76 Å². The third-order valence-electron chi connectivity index (χ3n) is 3.45. The van der Waals surface area contributed by atoms with Gasteiger partial charge in [-0.05, 0) is 12.1 Å². The van der Waals surface area contributed by atoms with Crippen molar-refractivity contribution in [3.05, 3.63) is 81.0 Å². The number of nitrogens with zero attached hydrogens (tertiary/aromatic N) is 2. The average Bonchev–Trinajstić information content (AvgIpc) is 3.09. The Bertz CT molecular complexity index is 925. The zero-order chi connectivity index (χ0) is 17.8. The van der Waals surface area contributed by atoms with Crippen LogP contribution >= 0.6 is 11.6 Å². The molecule has 25 heavy (non-hydrogen) atoms. The van der Waals surface area contributed by atoms with Crippen molar-refractivity contribution in [1.29, 1.82) is 0 Å². The summed E-state index contributed by atoms with van der Waals surface area (Å²) in [6.45, 7) is 0.131. The van der Waals surface area contributed by atoms with Gasteiger partial charge in [0.2, 0.25) is 0 Å². The molecular formula is C17H12ClN3O4. The fourth-order valence-electron chi connectivity index (χ4n) is 2.20. The molecule has 0 atom stereocenters. The summed E-state index contributed by atoms with van der Waals surface area (Å²) >= 11 is 5.73. The number of rotatable bonds is 5. The van der Waals surface area contributed by atoms with E-state index in [1.807, 2.05) is 30.3 Å². The van der Waals surface area contributed by atoms with Crippen LogP contribution in [0.1, 0.15) is 16.1 Å². The first-order valence-corrected chi connectivity index (χ1v) is 7.65. The van der Waals surface area contributed by atoms with Gasteiger partial charge in [-0.25, -0.2) is 0 Å². The van der Waals surface area contributed by atoms with Crippen molar-refractivity contribution in [3.8, 4) is 11.3 Å². The molecule has 0 aliphatic rings. The average molecular weight is 358 g/mol. The van der Waals surface area contributed by atoms with Crippen molar-refractivity contribution in [2.24, 2.45) is 0 Å². The number of amides is 1. The minimum atomic E-state index is -0.636. The van der Waals surface area contributed by atoms with Crippen molar-refractivity contribution in [1.82, 2.24) is 10.5 Å². The second kappa shape index (κ2) is 7.14. The highest BCUT2D eigenvalue weighted by atomic mass is 35.5. The van der Waals surface area contributed by atoms with E-state index in [1.165, 1.54) is 12.1 Å². The molecule has 0 bridgehead atoms. The summed E-state index contributed by atoms with van der Waals surface area (Å²) in [7, 11) is 0. The lowest BCUT2D eigenvalue weighted by atomic mass is 10.1. The summed E-state index contributed by atoms with van der Waals surface area (Å²) in [4.78, 5) is 22.4. The molecule has 1 N–H and O–H groups in total. The monoisotopic (exact) mass is 357 g/mol. The minimum Gasteiger partial charge on any atom is -0.356 e. The molecule has 0 aliphatic heterocycles. The number of nitro groups is 1. The Morgan fingerprint density at radius 1 is 1.20 bits per heavy atom. The van der Waals surface area contributed by atoms with Crippen LogP contribution in [0.25, 0.3) is 11.3 Å². The number of aromatic nitrogens is 1. The standard InChI is InChI=1S/C17H12ClN3O4/c18-14-7-6-12(8-15(14)21(23)24)17(22)19-10-13-9-16(25-20-13)11-4-2-1-3-5-11/h1-9H,10H2,(H,19,22). The largest absolute Gasteiger partial charge is 0.356 e. The van der Waals surface area contributed by atoms with Crippen LogP contribution in [0, 0.1) is 10.1 Å². The van der Waals surface area contributed by atoms with E-state index in [-0.39, 0.29) is 22.8 Å². The molecule has 126 valence electrons. The molecule has 2 aromatic carbocycles. The van der Waals surface area contributed by atoms with Gasteiger partial charge >= 0.3 is 0 Å². The fourth-order valence-corrected chi connectivity index (χ4v) is 2.39. The first-order chi connectivity index (χ1) is 12.0. The van der Waals surface area contributed by atoms with Crippen molar-refractivity contribution in [3.63, 3.8) is 0 Å². The highest BCUT2D eigenvalue weighted by Crippen LogP contribution is 2.25. The van der Waals surface area contributed by atoms with Crippen LogP contribution in [0.15, 0.2) is 59.1 Å². The number of benzene rings is 2. The smallest absolute Gasteiger partial charge is 0.288 e. The number of halogens is 1. The topological polar surface area (TPSA) is 98.3 Å². The summed E-state index contributed by atoms with van der Waals surface area (Å²) in [6.07, 6.45) is 0. The lowest BCUT2D eigenvalue weighted by molar-refractivity contribution is -0.384. The van der Waals surface area contributed by atoms with Gasteiger partial charge in [0, 0.05) is 23.3 Å². The summed E-state index contributed by atoms with van der Waals surface area (Å²) in [5.41, 5.74) is 1.24. The minimum absolute atomic E-state index is 0.0226. The molecule has 3 rings (SSSR count). The first-order valence-electron chi connectivity index (χ1n) is 7.28. The zero-order valence-electron chi connectivity index (χ0n) is 12.8. The maximum Gasteiger partial charge on any atom is 0.288 e. The molecule has 0 saturated heterocycles. The Kier molecular flexibility index (Phi) is 4.76. The predicted octanol–water partition coefficient (Wildman–Crippen LogP) is 3.83. The van der Waals surface area contributed by atoms with Crippen LogP contribution < -0.4 is 5.32 Å². The third-order valence-corrected chi connectivity index (χ3v) is 3.77. The maximum atomic E-state index is 12.1. The number of nitrogens with one attached hydrogen (secondary N) is 1. The van der Waals surface area contributed by atoms with Crippen LogP contribution in [-0.2, 0) is 6.54 Å². The Labute approximate surface area is 147 Å². The van der Waals surface area contributed by atoms with Crippen molar-refractivity contribution < 1.29 is 14.2 Å². The Balaban J connectivity index is 1.68. The molecule has 8 heteroatoms. The quantitative estimate of drug-likeness (QED) is 0.552. The molecule has 7 nitrogen and oxygen atoms in total. The van der Waals surface area contributed by atoms with E-state index in [1.54, 1.807) is 6.07 Å². The summed E-state index contributed by atoms with van der Waals surface area (Å²) in [5, 5.41) is 17.4. The fraction of sp³-hybridized carbons (Fsp3) is 0.0588. The third kappa shape index (κ3) is 3.84. The number of nitro benzene ring substituents is 1. The molecule has 0 aliphatic carbocycles. The predicted molar refractivity (Wildman–Crippen MR) is 91.2 cm³/mol. The van der Waals surface area contributed by atoms with Crippen LogP contribution in [0.5, 0.6) is 0 Å². The molecular weight excluding hydrogens is 346 g/mol. The van der Waals surface area contributed by atoms with Gasteiger partial charge in [0.1, 0.15) is 10.7 Å². The van der Waals surface area contributed by atoms with E-state index >= 15 is 0 Å². The molecule has 3 aromatic rings. The maximum absolute atomic E-state index is 12.1. The van der Waals surface area contributed by atoms with E-state index < -0.39 is 10.8 Å². The molecule has 0 spiro atoms. The van der Waals surface area contributed by atoms with Crippen LogP contribution in [-0.4, -0.2) is 16.0 Å². The van der Waals surface area contributed by atoms with E-state index in [9.17, 15) is 14.9 Å². The van der Waals surface area contributed by atoms with Gasteiger partial charge in [-0.3, -0.25) is 14.9 Å². The van der Waals surface area contributed by atoms with Gasteiger partial charge in [0.25, 0.3) is 11.6 Å². The van der Waals surface area contributed by atoms with Gasteiger partial charge in [-0.15, -0.1) is 0 Å². The molecule has 0 unspecified atom stereocenters. The van der Waals surface area contributed by atoms with Crippen molar-refractivity contribution >= 4 is 23.2 Å². The van der Waals surface area contributed by atoms with Gasteiger partial charge < -0.3 is 9.84 Å². The van der Waals surface area contributed by atoms with Gasteiger partial charge in [0.05, 0.1) is 11.5 Å². The highest BCUT2D eigenvalue weighted by Gasteiger charge is 2.16.